The lowest BCUT2D eigenvalue weighted by molar-refractivity contribution is 0.385. The second-order valence-electron chi connectivity index (χ2n) is 7.22. The third kappa shape index (κ3) is 2.90. The molecule has 1 unspecified atom stereocenters. The van der Waals surface area contributed by atoms with Gasteiger partial charge < -0.3 is 9.72 Å². The van der Waals surface area contributed by atoms with Gasteiger partial charge in [-0.05, 0) is 30.5 Å². The molecule has 1 aromatic carbocycles. The van der Waals surface area contributed by atoms with E-state index in [1.165, 1.54) is 19.4 Å². The lowest BCUT2D eigenvalue weighted by Gasteiger charge is -2.19. The van der Waals surface area contributed by atoms with E-state index in [4.69, 9.17) is 16.3 Å². The zero-order chi connectivity index (χ0) is 22.7. The number of halogens is 2. The molecule has 0 saturated carbocycles. The van der Waals surface area contributed by atoms with E-state index in [9.17, 15) is 14.0 Å². The Balaban J connectivity index is 1.78. The van der Waals surface area contributed by atoms with E-state index in [0.717, 1.165) is 21.7 Å². The van der Waals surface area contributed by atoms with Gasteiger partial charge in [0.05, 0.1) is 45.8 Å². The van der Waals surface area contributed by atoms with Crippen molar-refractivity contribution in [3.05, 3.63) is 73.0 Å². The van der Waals surface area contributed by atoms with Crippen LogP contribution in [0.25, 0.3) is 22.7 Å². The van der Waals surface area contributed by atoms with Gasteiger partial charge in [0, 0.05) is 23.5 Å². The first kappa shape index (κ1) is 20.5. The predicted molar refractivity (Wildman–Crippen MR) is 122 cm³/mol. The number of aryl methyl sites for hydroxylation is 2. The molecule has 11 heteroatoms. The summed E-state index contributed by atoms with van der Waals surface area (Å²) in [6.07, 6.45) is 4.78. The number of pyridine rings is 1. The summed E-state index contributed by atoms with van der Waals surface area (Å²) in [7, 11) is 1.70. The summed E-state index contributed by atoms with van der Waals surface area (Å²) in [4.78, 5) is 34.5. The zero-order valence-corrected chi connectivity index (χ0v) is 18.8. The van der Waals surface area contributed by atoms with Crippen molar-refractivity contribution < 1.29 is 9.13 Å². The predicted octanol–water partition coefficient (Wildman–Crippen LogP) is 3.32. The van der Waals surface area contributed by atoms with Gasteiger partial charge in [-0.15, -0.1) is 0 Å². The number of thiol groups is 1. The number of methoxy groups -OCH3 is 1. The molecule has 1 N–H and O–H groups in total. The highest BCUT2D eigenvalue weighted by Crippen LogP contribution is 2.53. The Bertz CT molecular complexity index is 1570. The van der Waals surface area contributed by atoms with Crippen molar-refractivity contribution in [1.82, 2.24) is 24.3 Å². The van der Waals surface area contributed by atoms with Crippen LogP contribution >= 0.6 is 22.5 Å². The van der Waals surface area contributed by atoms with E-state index < -0.39 is 28.0 Å². The minimum atomic E-state index is -1.40. The Hall–Kier alpha value is -3.37. The van der Waals surface area contributed by atoms with Crippen molar-refractivity contribution in [3.8, 4) is 11.4 Å². The summed E-state index contributed by atoms with van der Waals surface area (Å²) >= 11 is 6.33. The number of nitrogens with one attached hydrogen (secondary N) is 1. The molecule has 0 amide bonds. The molecule has 0 spiro atoms. The number of aromatic amines is 1. The summed E-state index contributed by atoms with van der Waals surface area (Å²) in [5, 5.41) is 7.10. The molecule has 1 atom stereocenters. The number of rotatable bonds is 3. The highest BCUT2D eigenvalue weighted by molar-refractivity contribution is 8.20. The molecule has 0 bridgehead atoms. The number of H-pyrrole nitrogens is 1. The van der Waals surface area contributed by atoms with Crippen LogP contribution in [0, 0.1) is 12.7 Å². The van der Waals surface area contributed by atoms with Gasteiger partial charge in [0.2, 0.25) is 0 Å². The largest absolute Gasteiger partial charge is 0.494 e. The summed E-state index contributed by atoms with van der Waals surface area (Å²) in [5.74, 6) is -0.569. The van der Waals surface area contributed by atoms with Gasteiger partial charge >= 0.3 is 5.69 Å². The van der Waals surface area contributed by atoms with E-state index >= 15 is 0 Å². The number of nitrogens with zero attached hydrogens (tertiary/aromatic N) is 4. The van der Waals surface area contributed by atoms with Crippen LogP contribution in [-0.4, -0.2) is 31.4 Å². The number of benzene rings is 1. The molecule has 164 valence electrons. The maximum atomic E-state index is 14.1. The average molecular weight is 474 g/mol. The Morgan fingerprint density at radius 3 is 2.78 bits per heavy atom. The minimum absolute atomic E-state index is 0.0258. The fourth-order valence-electron chi connectivity index (χ4n) is 3.94. The van der Waals surface area contributed by atoms with Gasteiger partial charge in [-0.3, -0.25) is 14.5 Å². The molecule has 1 aliphatic rings. The molecule has 0 aliphatic carbocycles. The van der Waals surface area contributed by atoms with Crippen molar-refractivity contribution in [2.75, 3.05) is 7.11 Å². The SMILES string of the molecule is COc1cc([SH]2C=Cc3[nH]c(=O)n(-c4cncc5c(C)nn(C)c45)c(=O)c32)c(Cl)cc1F. The third-order valence-corrected chi connectivity index (χ3v) is 8.06. The highest BCUT2D eigenvalue weighted by atomic mass is 35.5. The summed E-state index contributed by atoms with van der Waals surface area (Å²) in [6, 6.07) is 2.65. The first-order valence-electron chi connectivity index (χ1n) is 9.49. The Kier molecular flexibility index (Phi) is 4.72. The van der Waals surface area contributed by atoms with Crippen LogP contribution in [0.5, 0.6) is 5.75 Å². The molecule has 0 saturated heterocycles. The Morgan fingerprint density at radius 1 is 1.25 bits per heavy atom. The maximum absolute atomic E-state index is 14.1. The summed E-state index contributed by atoms with van der Waals surface area (Å²) in [5.41, 5.74) is 0.990. The number of aromatic nitrogens is 5. The Labute approximate surface area is 188 Å². The van der Waals surface area contributed by atoms with Crippen LogP contribution in [0.4, 0.5) is 4.39 Å². The normalized spacial score (nSPS) is 16.0. The van der Waals surface area contributed by atoms with E-state index in [1.807, 2.05) is 6.92 Å². The minimum Gasteiger partial charge on any atom is -0.494 e. The molecule has 4 aromatic rings. The van der Waals surface area contributed by atoms with Gasteiger partial charge in [0.25, 0.3) is 5.56 Å². The van der Waals surface area contributed by atoms with E-state index in [1.54, 1.807) is 29.4 Å². The molecule has 8 nitrogen and oxygen atoms in total. The lowest BCUT2D eigenvalue weighted by atomic mass is 10.2. The monoisotopic (exact) mass is 473 g/mol. The van der Waals surface area contributed by atoms with Gasteiger partial charge in [-0.1, -0.05) is 11.6 Å². The average Bonchev–Trinajstić information content (AvgIpc) is 3.29. The molecule has 0 fully saturated rings. The first-order valence-corrected chi connectivity index (χ1v) is 11.3. The fourth-order valence-corrected chi connectivity index (χ4v) is 6.46. The fraction of sp³-hybridized carbons (Fsp3) is 0.143. The van der Waals surface area contributed by atoms with Gasteiger partial charge in [0.15, 0.2) is 11.6 Å². The van der Waals surface area contributed by atoms with Gasteiger partial charge in [-0.25, -0.2) is 13.8 Å². The zero-order valence-electron chi connectivity index (χ0n) is 17.2. The third-order valence-electron chi connectivity index (χ3n) is 5.37. The van der Waals surface area contributed by atoms with Crippen LogP contribution in [-0.2, 0) is 7.05 Å². The molecular formula is C21H17ClFN5O3S. The van der Waals surface area contributed by atoms with Crippen LogP contribution in [0.15, 0.2) is 49.3 Å². The number of ether oxygens (including phenoxy) is 1. The molecule has 3 aromatic heterocycles. The van der Waals surface area contributed by atoms with Crippen LogP contribution in [0.3, 0.4) is 0 Å². The first-order chi connectivity index (χ1) is 15.3. The van der Waals surface area contributed by atoms with Crippen LogP contribution < -0.4 is 16.0 Å². The standard InChI is InChI=1S/C21H17ClFN5O3S/c1-10-11-8-24-9-15(18(11)27(2)26-10)28-20(29)19-14(25-21(28)30)4-5-32(19)17-7-16(31-3)13(23)6-12(17)22/h4-9,32H,1-3H3,(H,25,30). The highest BCUT2D eigenvalue weighted by Gasteiger charge is 2.27. The molecule has 0 radical (unpaired) electrons. The number of hydrogen-bond donors (Lipinski definition) is 2. The molecule has 1 aliphatic heterocycles. The smallest absolute Gasteiger partial charge is 0.333 e. The van der Waals surface area contributed by atoms with Crippen LogP contribution in [0.1, 0.15) is 11.4 Å². The quantitative estimate of drug-likeness (QED) is 0.445. The van der Waals surface area contributed by atoms with Crippen molar-refractivity contribution in [2.45, 2.75) is 16.7 Å². The van der Waals surface area contributed by atoms with Crippen molar-refractivity contribution in [2.24, 2.45) is 7.05 Å². The van der Waals surface area contributed by atoms with E-state index in [-0.39, 0.29) is 10.8 Å². The second kappa shape index (κ2) is 7.35. The van der Waals surface area contributed by atoms with Crippen molar-refractivity contribution in [1.29, 1.82) is 0 Å². The van der Waals surface area contributed by atoms with Crippen LogP contribution in [0.2, 0.25) is 5.02 Å². The van der Waals surface area contributed by atoms with Crippen molar-refractivity contribution >= 4 is 39.5 Å². The van der Waals surface area contributed by atoms with E-state index in [2.05, 4.69) is 15.1 Å². The molecule has 5 rings (SSSR count). The van der Waals surface area contributed by atoms with Gasteiger partial charge in [0.1, 0.15) is 0 Å². The summed E-state index contributed by atoms with van der Waals surface area (Å²) in [6.45, 7) is 1.83. The number of hydrogen-bond acceptors (Lipinski definition) is 5. The molecule has 32 heavy (non-hydrogen) atoms. The summed E-state index contributed by atoms with van der Waals surface area (Å²) < 4.78 is 21.8. The lowest BCUT2D eigenvalue weighted by Crippen LogP contribution is -2.36. The van der Waals surface area contributed by atoms with E-state index in [0.29, 0.717) is 26.7 Å². The van der Waals surface area contributed by atoms with Gasteiger partial charge in [-0.2, -0.15) is 16.0 Å². The molecule has 4 heterocycles. The topological polar surface area (TPSA) is 94.8 Å². The second-order valence-corrected chi connectivity index (χ2v) is 9.60. The Morgan fingerprint density at radius 2 is 2.03 bits per heavy atom. The molecular weight excluding hydrogens is 457 g/mol. The maximum Gasteiger partial charge on any atom is 0.333 e. The van der Waals surface area contributed by atoms with Crippen molar-refractivity contribution in [3.63, 3.8) is 0 Å². The number of fused-ring (bicyclic) bond motifs is 2.